The summed E-state index contributed by atoms with van der Waals surface area (Å²) in [6.07, 6.45) is 0.537. The summed E-state index contributed by atoms with van der Waals surface area (Å²) in [5.41, 5.74) is 9.81. The first-order chi connectivity index (χ1) is 26.0. The van der Waals surface area contributed by atoms with Crippen LogP contribution in [-0.2, 0) is 23.5 Å². The number of rotatable bonds is 18. The van der Waals surface area contributed by atoms with Gasteiger partial charge >= 0.3 is 6.09 Å². The summed E-state index contributed by atoms with van der Waals surface area (Å²) >= 11 is 0. The van der Waals surface area contributed by atoms with E-state index in [1.807, 2.05) is 48.5 Å². The molecule has 0 radical (unpaired) electrons. The van der Waals surface area contributed by atoms with Gasteiger partial charge in [0.05, 0.1) is 6.54 Å². The van der Waals surface area contributed by atoms with E-state index in [2.05, 4.69) is 86.8 Å². The fraction of sp³-hybridized carbons (Fsp3) is 0.364. The van der Waals surface area contributed by atoms with E-state index >= 15 is 0 Å². The molecule has 1 aliphatic rings. The zero-order valence-electron chi connectivity index (χ0n) is 31.9. The predicted molar refractivity (Wildman–Crippen MR) is 215 cm³/mol. The summed E-state index contributed by atoms with van der Waals surface area (Å²) in [5, 5.41) is 4.89. The van der Waals surface area contributed by atoms with Crippen molar-refractivity contribution < 1.29 is 28.3 Å². The van der Waals surface area contributed by atoms with Gasteiger partial charge in [0, 0.05) is 31.9 Å². The number of carbonyl (C=O) groups is 4. The number of hydrogen-bond donors (Lipinski definition) is 2. The number of unbranched alkanes of at least 4 members (excludes halogenated alkanes) is 1. The van der Waals surface area contributed by atoms with Crippen molar-refractivity contribution in [2.45, 2.75) is 76.8 Å². The summed E-state index contributed by atoms with van der Waals surface area (Å²) < 4.78 is 12.8. The Hall–Kier alpha value is -5.06. The molecule has 1 aliphatic carbocycles. The molecule has 0 spiro atoms. The van der Waals surface area contributed by atoms with Crippen LogP contribution in [0.15, 0.2) is 109 Å². The van der Waals surface area contributed by atoms with E-state index in [1.165, 1.54) is 15.3 Å². The molecule has 3 N–H and O–H groups in total. The van der Waals surface area contributed by atoms with Crippen LogP contribution >= 0.6 is 0 Å². The number of primary amides is 1. The minimum Gasteiger partial charge on any atom is -0.449 e. The molecule has 0 heterocycles. The SMILES string of the molecule is CCC(=O)CN(CCCCO[Si](c1ccccc1)(c1ccccc1)C(C)(C)C)C(=O)[C@H](CCC(N)=O)NC(=O)OCC1c2ccccc2-c2ccccc21. The molecule has 0 fully saturated rings. The number of hydrogen-bond acceptors (Lipinski definition) is 6. The Labute approximate surface area is 320 Å². The Morgan fingerprint density at radius 2 is 1.33 bits per heavy atom. The van der Waals surface area contributed by atoms with Crippen molar-refractivity contribution in [2.75, 3.05) is 26.3 Å². The van der Waals surface area contributed by atoms with Gasteiger partial charge in [0.15, 0.2) is 5.78 Å². The Morgan fingerprint density at radius 3 is 1.85 bits per heavy atom. The number of nitrogens with zero attached hydrogens (tertiary/aromatic N) is 1. The van der Waals surface area contributed by atoms with Gasteiger partial charge in [-0.1, -0.05) is 137 Å². The largest absolute Gasteiger partial charge is 0.449 e. The van der Waals surface area contributed by atoms with E-state index in [9.17, 15) is 19.2 Å². The quantitative estimate of drug-likeness (QED) is 0.0906. The molecule has 0 aliphatic heterocycles. The zero-order valence-corrected chi connectivity index (χ0v) is 32.9. The van der Waals surface area contributed by atoms with Gasteiger partial charge in [0.25, 0.3) is 8.32 Å². The molecule has 3 amide bonds. The first-order valence-electron chi connectivity index (χ1n) is 18.9. The lowest BCUT2D eigenvalue weighted by atomic mass is 9.98. The summed E-state index contributed by atoms with van der Waals surface area (Å²) in [5.74, 6) is -1.33. The normalized spacial score (nSPS) is 13.0. The van der Waals surface area contributed by atoms with Gasteiger partial charge in [-0.15, -0.1) is 0 Å². The zero-order chi connectivity index (χ0) is 38.7. The van der Waals surface area contributed by atoms with E-state index in [4.69, 9.17) is 14.9 Å². The summed E-state index contributed by atoms with van der Waals surface area (Å²) in [6, 6.07) is 35.8. The Bertz CT molecular complexity index is 1810. The van der Waals surface area contributed by atoms with Crippen LogP contribution in [0.2, 0.25) is 5.04 Å². The maximum atomic E-state index is 14.1. The molecule has 54 heavy (non-hydrogen) atoms. The second-order valence-electron chi connectivity index (χ2n) is 14.9. The highest BCUT2D eigenvalue weighted by molar-refractivity contribution is 6.99. The molecule has 0 aromatic heterocycles. The molecule has 1 atom stereocenters. The molecular formula is C44H53N3O6Si. The topological polar surface area (TPSA) is 128 Å². The van der Waals surface area contributed by atoms with Crippen molar-refractivity contribution in [2.24, 2.45) is 5.73 Å². The lowest BCUT2D eigenvalue weighted by molar-refractivity contribution is -0.137. The van der Waals surface area contributed by atoms with Crippen molar-refractivity contribution in [1.82, 2.24) is 10.2 Å². The molecule has 9 nitrogen and oxygen atoms in total. The van der Waals surface area contributed by atoms with E-state index in [1.54, 1.807) is 6.92 Å². The third-order valence-electron chi connectivity index (χ3n) is 10.2. The van der Waals surface area contributed by atoms with Gasteiger partial charge in [-0.25, -0.2) is 4.79 Å². The van der Waals surface area contributed by atoms with Gasteiger partial charge in [-0.05, 0) is 56.9 Å². The lowest BCUT2D eigenvalue weighted by Gasteiger charge is -2.43. The van der Waals surface area contributed by atoms with E-state index in [0.29, 0.717) is 19.4 Å². The summed E-state index contributed by atoms with van der Waals surface area (Å²) in [4.78, 5) is 53.4. The van der Waals surface area contributed by atoms with Crippen molar-refractivity contribution in [3.05, 3.63) is 120 Å². The third-order valence-corrected chi connectivity index (χ3v) is 15.3. The summed E-state index contributed by atoms with van der Waals surface area (Å²) in [7, 11) is -2.74. The number of alkyl carbamates (subject to hydrolysis) is 1. The fourth-order valence-corrected chi connectivity index (χ4v) is 12.1. The molecule has 5 rings (SSSR count). The number of Topliss-reactive ketones (excluding diaryl/α,β-unsaturated/α-hetero) is 1. The van der Waals surface area contributed by atoms with Gasteiger partial charge in [-0.2, -0.15) is 0 Å². The van der Waals surface area contributed by atoms with Gasteiger partial charge in [-0.3, -0.25) is 14.4 Å². The van der Waals surface area contributed by atoms with Crippen LogP contribution in [0.5, 0.6) is 0 Å². The molecule has 10 heteroatoms. The number of fused-ring (bicyclic) bond motifs is 3. The molecule has 0 saturated heterocycles. The van der Waals surface area contributed by atoms with Crippen LogP contribution in [0.3, 0.4) is 0 Å². The predicted octanol–water partition coefficient (Wildman–Crippen LogP) is 6.32. The summed E-state index contributed by atoms with van der Waals surface area (Å²) in [6.45, 7) is 9.13. The average molecular weight is 748 g/mol. The second kappa shape index (κ2) is 18.3. The number of benzene rings is 4. The van der Waals surface area contributed by atoms with Crippen LogP contribution in [0.25, 0.3) is 11.1 Å². The molecule has 0 unspecified atom stereocenters. The molecule has 0 saturated carbocycles. The highest BCUT2D eigenvalue weighted by atomic mass is 28.4. The van der Waals surface area contributed by atoms with Crippen molar-refractivity contribution in [3.63, 3.8) is 0 Å². The number of amides is 3. The number of ketones is 1. The molecule has 0 bridgehead atoms. The van der Waals surface area contributed by atoms with Crippen molar-refractivity contribution >= 4 is 42.4 Å². The first kappa shape index (κ1) is 40.1. The lowest BCUT2D eigenvalue weighted by Crippen LogP contribution is -2.66. The van der Waals surface area contributed by atoms with Gasteiger partial charge in [0.2, 0.25) is 11.8 Å². The minimum absolute atomic E-state index is 0.0217. The maximum Gasteiger partial charge on any atom is 0.407 e. The molecule has 4 aromatic rings. The van der Waals surface area contributed by atoms with E-state index in [-0.39, 0.29) is 55.7 Å². The first-order valence-corrected chi connectivity index (χ1v) is 20.8. The Kier molecular flexibility index (Phi) is 13.6. The Balaban J connectivity index is 1.26. The fourth-order valence-electron chi connectivity index (χ4n) is 7.53. The number of nitrogens with one attached hydrogen (secondary N) is 1. The number of carbonyl (C=O) groups excluding carboxylic acids is 4. The van der Waals surface area contributed by atoms with Gasteiger partial charge in [0.1, 0.15) is 12.6 Å². The number of nitrogens with two attached hydrogens (primary N) is 1. The van der Waals surface area contributed by atoms with E-state index in [0.717, 1.165) is 22.3 Å². The van der Waals surface area contributed by atoms with Crippen molar-refractivity contribution in [3.8, 4) is 11.1 Å². The Morgan fingerprint density at radius 1 is 0.796 bits per heavy atom. The van der Waals surface area contributed by atoms with E-state index < -0.39 is 32.3 Å². The van der Waals surface area contributed by atoms with Crippen LogP contribution in [0.1, 0.15) is 76.8 Å². The van der Waals surface area contributed by atoms with Crippen LogP contribution in [0, 0.1) is 0 Å². The molecular weight excluding hydrogens is 695 g/mol. The highest BCUT2D eigenvalue weighted by Gasteiger charge is 2.50. The molecule has 284 valence electrons. The second-order valence-corrected chi connectivity index (χ2v) is 19.2. The minimum atomic E-state index is -2.74. The van der Waals surface area contributed by atoms with Gasteiger partial charge < -0.3 is 25.1 Å². The maximum absolute atomic E-state index is 14.1. The third kappa shape index (κ3) is 9.35. The standard InChI is InChI=1S/C44H53N3O6Si/c1-5-32(48)30-47(28-16-17-29-53-54(44(2,3)4,33-18-8-6-9-19-33)34-20-10-7-11-21-34)42(50)40(26-27-41(45)49)46-43(51)52-31-39-37-24-14-12-22-35(37)36-23-13-15-25-38(36)39/h6-15,18-25,39-40H,5,16-17,26-31H2,1-4H3,(H2,45,49)(H,46,51)/t40-/m0/s1. The average Bonchev–Trinajstić information content (AvgIpc) is 3.49. The van der Waals surface area contributed by atoms with Crippen LogP contribution in [0.4, 0.5) is 4.79 Å². The van der Waals surface area contributed by atoms with Crippen molar-refractivity contribution in [1.29, 1.82) is 0 Å². The smallest absolute Gasteiger partial charge is 0.407 e. The van der Waals surface area contributed by atoms with Crippen LogP contribution < -0.4 is 21.4 Å². The molecule has 4 aromatic carbocycles. The van der Waals surface area contributed by atoms with Crippen LogP contribution in [-0.4, -0.2) is 69.3 Å². The monoisotopic (exact) mass is 747 g/mol. The number of ether oxygens (including phenoxy) is 1. The highest BCUT2D eigenvalue weighted by Crippen LogP contribution is 2.44.